The molecule has 0 radical (unpaired) electrons. The van der Waals surface area contributed by atoms with Gasteiger partial charge in [-0.2, -0.15) is 5.10 Å². The molecule has 0 saturated carbocycles. The van der Waals surface area contributed by atoms with E-state index in [2.05, 4.69) is 10.4 Å². The Morgan fingerprint density at radius 3 is 2.88 bits per heavy atom. The first-order valence-corrected chi connectivity index (χ1v) is 8.46. The van der Waals surface area contributed by atoms with E-state index in [0.29, 0.717) is 18.1 Å². The van der Waals surface area contributed by atoms with Crippen molar-refractivity contribution in [2.75, 3.05) is 26.7 Å². The molecular formula is C18H24N4O2. The summed E-state index contributed by atoms with van der Waals surface area (Å²) in [7, 11) is 1.84. The number of aromatic nitrogens is 2. The van der Waals surface area contributed by atoms with Gasteiger partial charge >= 0.3 is 0 Å². The van der Waals surface area contributed by atoms with Gasteiger partial charge in [0.25, 0.3) is 5.91 Å². The van der Waals surface area contributed by atoms with Crippen molar-refractivity contribution in [3.63, 3.8) is 0 Å². The number of rotatable bonds is 6. The Kier molecular flexibility index (Phi) is 5.15. The van der Waals surface area contributed by atoms with E-state index < -0.39 is 0 Å². The van der Waals surface area contributed by atoms with Crippen LogP contribution in [0.1, 0.15) is 30.3 Å². The van der Waals surface area contributed by atoms with E-state index in [1.54, 1.807) is 15.8 Å². The molecule has 0 spiro atoms. The fourth-order valence-electron chi connectivity index (χ4n) is 2.84. The molecule has 1 saturated heterocycles. The monoisotopic (exact) mass is 328 g/mol. The summed E-state index contributed by atoms with van der Waals surface area (Å²) in [6.45, 7) is 4.38. The molecule has 1 aliphatic rings. The molecule has 1 amide bonds. The number of nitrogens with zero attached hydrogens (tertiary/aromatic N) is 3. The van der Waals surface area contributed by atoms with Crippen molar-refractivity contribution in [1.82, 2.24) is 20.0 Å². The molecule has 3 rings (SSSR count). The molecular weight excluding hydrogens is 304 g/mol. The van der Waals surface area contributed by atoms with Crippen LogP contribution in [0.2, 0.25) is 0 Å². The number of ether oxygens (including phenoxy) is 1. The van der Waals surface area contributed by atoms with E-state index in [1.165, 1.54) is 0 Å². The lowest BCUT2D eigenvalue weighted by Gasteiger charge is -2.23. The van der Waals surface area contributed by atoms with Crippen molar-refractivity contribution in [3.05, 3.63) is 42.2 Å². The lowest BCUT2D eigenvalue weighted by Crippen LogP contribution is -2.38. The Morgan fingerprint density at radius 2 is 2.21 bits per heavy atom. The van der Waals surface area contributed by atoms with Crippen molar-refractivity contribution in [1.29, 1.82) is 0 Å². The van der Waals surface area contributed by atoms with Gasteiger partial charge < -0.3 is 15.0 Å². The van der Waals surface area contributed by atoms with E-state index in [1.807, 2.05) is 44.3 Å². The number of hydrogen-bond donors (Lipinski definition) is 1. The average Bonchev–Trinajstić information content (AvgIpc) is 3.29. The zero-order chi connectivity index (χ0) is 16.9. The summed E-state index contributed by atoms with van der Waals surface area (Å²) in [6.07, 6.45) is 3.64. The molecule has 24 heavy (non-hydrogen) atoms. The highest BCUT2D eigenvalue weighted by molar-refractivity contribution is 5.95. The summed E-state index contributed by atoms with van der Waals surface area (Å²) >= 11 is 0. The topological polar surface area (TPSA) is 59.4 Å². The van der Waals surface area contributed by atoms with Crippen LogP contribution in [0.3, 0.4) is 0 Å². The Hall–Kier alpha value is -2.34. The molecule has 2 heterocycles. The van der Waals surface area contributed by atoms with Crippen LogP contribution in [0, 0.1) is 0 Å². The Labute approximate surface area is 142 Å². The zero-order valence-electron chi connectivity index (χ0n) is 14.2. The lowest BCUT2D eigenvalue weighted by atomic mass is 10.2. The van der Waals surface area contributed by atoms with Crippen LogP contribution in [0.5, 0.6) is 5.75 Å². The van der Waals surface area contributed by atoms with Gasteiger partial charge in [-0.3, -0.25) is 4.79 Å². The molecule has 1 fully saturated rings. The third-order valence-corrected chi connectivity index (χ3v) is 4.27. The normalized spacial score (nSPS) is 17.0. The molecule has 0 bridgehead atoms. The maximum atomic E-state index is 12.9. The quantitative estimate of drug-likeness (QED) is 0.882. The van der Waals surface area contributed by atoms with E-state index in [9.17, 15) is 4.79 Å². The average molecular weight is 328 g/mol. The zero-order valence-corrected chi connectivity index (χ0v) is 14.2. The number of nitrogens with one attached hydrogen (secondary N) is 1. The van der Waals surface area contributed by atoms with Crippen molar-refractivity contribution in [3.8, 4) is 11.4 Å². The van der Waals surface area contributed by atoms with Crippen LogP contribution >= 0.6 is 0 Å². The fourth-order valence-corrected chi connectivity index (χ4v) is 2.84. The Morgan fingerprint density at radius 1 is 1.42 bits per heavy atom. The van der Waals surface area contributed by atoms with Crippen molar-refractivity contribution >= 4 is 5.91 Å². The second-order valence-electron chi connectivity index (χ2n) is 6.03. The van der Waals surface area contributed by atoms with Crippen LogP contribution in [0.4, 0.5) is 0 Å². The number of carbonyl (C=O) groups is 1. The van der Waals surface area contributed by atoms with Crippen LogP contribution in [0.25, 0.3) is 5.69 Å². The minimum atomic E-state index is -0.0931. The first-order chi connectivity index (χ1) is 11.7. The van der Waals surface area contributed by atoms with Gasteiger partial charge in [0, 0.05) is 19.6 Å². The number of para-hydroxylation sites is 1. The third-order valence-electron chi connectivity index (χ3n) is 4.27. The maximum absolute atomic E-state index is 12.9. The Balaban J connectivity index is 1.89. The molecule has 1 aromatic heterocycles. The van der Waals surface area contributed by atoms with Gasteiger partial charge in [-0.25, -0.2) is 4.68 Å². The fraction of sp³-hybridized carbons (Fsp3) is 0.444. The van der Waals surface area contributed by atoms with E-state index in [-0.39, 0.29) is 11.9 Å². The SMILES string of the molecule is CCCOc1cn(-c2ccccc2)nc1C(=O)N(C)C1CCNC1. The number of amides is 1. The van der Waals surface area contributed by atoms with Crippen molar-refractivity contribution in [2.24, 2.45) is 0 Å². The predicted octanol–water partition coefficient (Wildman–Crippen LogP) is 2.09. The highest BCUT2D eigenvalue weighted by atomic mass is 16.5. The second-order valence-corrected chi connectivity index (χ2v) is 6.03. The van der Waals surface area contributed by atoms with Crippen LogP contribution in [-0.4, -0.2) is 53.4 Å². The molecule has 6 nitrogen and oxygen atoms in total. The van der Waals surface area contributed by atoms with E-state index in [0.717, 1.165) is 31.6 Å². The maximum Gasteiger partial charge on any atom is 0.278 e. The molecule has 6 heteroatoms. The number of benzene rings is 1. The van der Waals surface area contributed by atoms with Gasteiger partial charge in [0.05, 0.1) is 18.5 Å². The molecule has 1 atom stereocenters. The highest BCUT2D eigenvalue weighted by Crippen LogP contribution is 2.23. The van der Waals surface area contributed by atoms with E-state index >= 15 is 0 Å². The number of carbonyl (C=O) groups excluding carboxylic acids is 1. The molecule has 1 aromatic carbocycles. The smallest absolute Gasteiger partial charge is 0.278 e. The number of likely N-dealkylation sites (N-methyl/N-ethyl adjacent to an activating group) is 1. The minimum Gasteiger partial charge on any atom is -0.489 e. The Bertz CT molecular complexity index is 678. The van der Waals surface area contributed by atoms with Gasteiger partial charge in [-0.1, -0.05) is 25.1 Å². The standard InChI is InChI=1S/C18H24N4O2/c1-3-11-24-16-13-22(14-7-5-4-6-8-14)20-17(16)18(23)21(2)15-9-10-19-12-15/h4-8,13,15,19H,3,9-12H2,1-2H3. The first kappa shape index (κ1) is 16.5. The van der Waals surface area contributed by atoms with E-state index in [4.69, 9.17) is 4.74 Å². The summed E-state index contributed by atoms with van der Waals surface area (Å²) < 4.78 is 7.48. The number of hydrogen-bond acceptors (Lipinski definition) is 4. The van der Waals surface area contributed by atoms with Crippen molar-refractivity contribution in [2.45, 2.75) is 25.8 Å². The molecule has 1 unspecified atom stereocenters. The molecule has 1 N–H and O–H groups in total. The largest absolute Gasteiger partial charge is 0.489 e. The summed E-state index contributed by atoms with van der Waals surface area (Å²) in [5.74, 6) is 0.452. The summed E-state index contributed by atoms with van der Waals surface area (Å²) in [5.41, 5.74) is 1.28. The van der Waals surface area contributed by atoms with Gasteiger partial charge in [0.2, 0.25) is 0 Å². The summed E-state index contributed by atoms with van der Waals surface area (Å²) in [6, 6.07) is 9.96. The van der Waals surface area contributed by atoms with Crippen molar-refractivity contribution < 1.29 is 9.53 Å². The van der Waals surface area contributed by atoms with Gasteiger partial charge in [0.15, 0.2) is 11.4 Å². The molecule has 128 valence electrons. The van der Waals surface area contributed by atoms with Crippen LogP contribution < -0.4 is 10.1 Å². The summed E-state index contributed by atoms with van der Waals surface area (Å²) in [5, 5.41) is 7.79. The van der Waals surface area contributed by atoms with Gasteiger partial charge in [-0.05, 0) is 31.5 Å². The lowest BCUT2D eigenvalue weighted by molar-refractivity contribution is 0.0733. The highest BCUT2D eigenvalue weighted by Gasteiger charge is 2.28. The molecule has 1 aliphatic heterocycles. The van der Waals surface area contributed by atoms with Crippen LogP contribution in [-0.2, 0) is 0 Å². The van der Waals surface area contributed by atoms with Gasteiger partial charge in [-0.15, -0.1) is 0 Å². The minimum absolute atomic E-state index is 0.0931. The summed E-state index contributed by atoms with van der Waals surface area (Å²) in [4.78, 5) is 14.7. The molecule has 0 aliphatic carbocycles. The van der Waals surface area contributed by atoms with Gasteiger partial charge in [0.1, 0.15) is 0 Å². The molecule has 2 aromatic rings. The second kappa shape index (κ2) is 7.49. The van der Waals surface area contributed by atoms with Crippen LogP contribution in [0.15, 0.2) is 36.5 Å². The first-order valence-electron chi connectivity index (χ1n) is 8.46. The predicted molar refractivity (Wildman–Crippen MR) is 92.7 cm³/mol. The third kappa shape index (κ3) is 3.43.